The highest BCUT2D eigenvalue weighted by molar-refractivity contribution is 5.85. The number of rotatable bonds is 9. The van der Waals surface area contributed by atoms with Crippen LogP contribution in [0.2, 0.25) is 0 Å². The Kier molecular flexibility index (Phi) is 8.33. The molecule has 4 aromatic carbocycles. The molecule has 4 rings (SSSR count). The number of hydrazine groups is 1. The van der Waals surface area contributed by atoms with E-state index in [4.69, 9.17) is 9.47 Å². The summed E-state index contributed by atoms with van der Waals surface area (Å²) in [5.74, 6) is 0.220. The second-order valence-corrected chi connectivity index (χ2v) is 8.12. The average molecular weight is 481 g/mol. The van der Waals surface area contributed by atoms with Gasteiger partial charge in [-0.05, 0) is 52.9 Å². The van der Waals surface area contributed by atoms with Crippen LogP contribution in [0.4, 0.5) is 0 Å². The van der Waals surface area contributed by atoms with E-state index in [-0.39, 0.29) is 6.61 Å². The fraction of sp³-hybridized carbons (Fsp3) is 0.133. The van der Waals surface area contributed by atoms with E-state index < -0.39 is 17.9 Å². The van der Waals surface area contributed by atoms with Crippen LogP contribution in [0.25, 0.3) is 22.3 Å². The molecule has 0 aliphatic rings. The number of amides is 2. The Morgan fingerprint density at radius 2 is 1.11 bits per heavy atom. The molecule has 6 nitrogen and oxygen atoms in total. The normalized spacial score (nSPS) is 11.2. The summed E-state index contributed by atoms with van der Waals surface area (Å²) in [6, 6.07) is 35.0. The molecular weight excluding hydrogens is 452 g/mol. The first-order valence-corrected chi connectivity index (χ1v) is 11.8. The van der Waals surface area contributed by atoms with Gasteiger partial charge in [0.05, 0.1) is 0 Å². The van der Waals surface area contributed by atoms with Gasteiger partial charge in [0.15, 0.2) is 12.7 Å². The van der Waals surface area contributed by atoms with Crippen LogP contribution in [0, 0.1) is 0 Å². The zero-order chi connectivity index (χ0) is 25.2. The highest BCUT2D eigenvalue weighted by Crippen LogP contribution is 2.23. The van der Waals surface area contributed by atoms with Gasteiger partial charge < -0.3 is 9.47 Å². The fourth-order valence-corrected chi connectivity index (χ4v) is 3.61. The van der Waals surface area contributed by atoms with Crippen LogP contribution >= 0.6 is 0 Å². The van der Waals surface area contributed by atoms with Crippen molar-refractivity contribution in [3.63, 3.8) is 0 Å². The van der Waals surface area contributed by atoms with Gasteiger partial charge in [-0.3, -0.25) is 20.4 Å². The Balaban J connectivity index is 1.22. The Labute approximate surface area is 210 Å². The van der Waals surface area contributed by atoms with Gasteiger partial charge in [-0.1, -0.05) is 91.9 Å². The molecule has 6 heteroatoms. The molecule has 0 saturated heterocycles. The third-order valence-electron chi connectivity index (χ3n) is 5.56. The number of carbonyl (C=O) groups is 2. The number of hydrogen-bond acceptors (Lipinski definition) is 4. The van der Waals surface area contributed by atoms with Crippen LogP contribution < -0.4 is 20.3 Å². The first kappa shape index (κ1) is 24.5. The van der Waals surface area contributed by atoms with Crippen molar-refractivity contribution in [2.45, 2.75) is 19.4 Å². The SMILES string of the molecule is CCC(Oc1ccc(-c2ccccc2)cc1)C(=O)NNC(=O)COc1ccc(-c2ccccc2)cc1. The average Bonchev–Trinajstić information content (AvgIpc) is 2.95. The molecule has 0 aromatic heterocycles. The van der Waals surface area contributed by atoms with Gasteiger partial charge in [0, 0.05) is 0 Å². The first-order valence-electron chi connectivity index (χ1n) is 11.8. The van der Waals surface area contributed by atoms with Crippen LogP contribution in [0.3, 0.4) is 0 Å². The van der Waals surface area contributed by atoms with Crippen LogP contribution in [0.1, 0.15) is 13.3 Å². The van der Waals surface area contributed by atoms with Crippen LogP contribution in [-0.2, 0) is 9.59 Å². The van der Waals surface area contributed by atoms with E-state index in [2.05, 4.69) is 10.9 Å². The number of hydrogen-bond donors (Lipinski definition) is 2. The van der Waals surface area contributed by atoms with Crippen molar-refractivity contribution >= 4 is 11.8 Å². The summed E-state index contributed by atoms with van der Waals surface area (Å²) < 4.78 is 11.4. The molecular formula is C30H28N2O4. The summed E-state index contributed by atoms with van der Waals surface area (Å²) in [5.41, 5.74) is 9.11. The quantitative estimate of drug-likeness (QED) is 0.314. The third kappa shape index (κ3) is 6.73. The molecule has 0 bridgehead atoms. The van der Waals surface area contributed by atoms with E-state index in [0.717, 1.165) is 22.3 Å². The summed E-state index contributed by atoms with van der Waals surface area (Å²) in [5, 5.41) is 0. The lowest BCUT2D eigenvalue weighted by Crippen LogP contribution is -2.49. The minimum atomic E-state index is -0.751. The maximum absolute atomic E-state index is 12.5. The third-order valence-corrected chi connectivity index (χ3v) is 5.56. The Morgan fingerprint density at radius 1 is 0.639 bits per heavy atom. The maximum atomic E-state index is 12.5. The predicted molar refractivity (Wildman–Crippen MR) is 140 cm³/mol. The molecule has 0 aliphatic heterocycles. The summed E-state index contributed by atoms with van der Waals surface area (Å²) in [6.07, 6.45) is -0.314. The number of nitrogens with one attached hydrogen (secondary N) is 2. The van der Waals surface area contributed by atoms with Crippen molar-refractivity contribution < 1.29 is 19.1 Å². The Bertz CT molecular complexity index is 1260. The van der Waals surface area contributed by atoms with E-state index in [0.29, 0.717) is 17.9 Å². The predicted octanol–water partition coefficient (Wildman–Crippen LogP) is 5.40. The topological polar surface area (TPSA) is 76.7 Å². The molecule has 0 fully saturated rings. The van der Waals surface area contributed by atoms with Crippen molar-refractivity contribution in [3.8, 4) is 33.8 Å². The lowest BCUT2D eigenvalue weighted by molar-refractivity contribution is -0.134. The van der Waals surface area contributed by atoms with E-state index >= 15 is 0 Å². The molecule has 4 aromatic rings. The second kappa shape index (κ2) is 12.2. The highest BCUT2D eigenvalue weighted by Gasteiger charge is 2.19. The smallest absolute Gasteiger partial charge is 0.279 e. The van der Waals surface area contributed by atoms with Crippen LogP contribution in [-0.4, -0.2) is 24.5 Å². The molecule has 0 saturated carbocycles. The molecule has 1 atom stereocenters. The minimum absolute atomic E-state index is 0.233. The zero-order valence-corrected chi connectivity index (χ0v) is 20.0. The van der Waals surface area contributed by atoms with Crippen LogP contribution in [0.15, 0.2) is 109 Å². The molecule has 182 valence electrons. The van der Waals surface area contributed by atoms with Gasteiger partial charge in [0.2, 0.25) is 0 Å². The summed E-state index contributed by atoms with van der Waals surface area (Å²) in [7, 11) is 0. The van der Waals surface area contributed by atoms with Crippen molar-refractivity contribution in [2.24, 2.45) is 0 Å². The van der Waals surface area contributed by atoms with Crippen molar-refractivity contribution in [3.05, 3.63) is 109 Å². The largest absolute Gasteiger partial charge is 0.484 e. The highest BCUT2D eigenvalue weighted by atomic mass is 16.5. The van der Waals surface area contributed by atoms with Gasteiger partial charge in [0.1, 0.15) is 11.5 Å². The molecule has 36 heavy (non-hydrogen) atoms. The minimum Gasteiger partial charge on any atom is -0.484 e. The van der Waals surface area contributed by atoms with E-state index in [1.54, 1.807) is 12.1 Å². The first-order chi connectivity index (χ1) is 17.6. The monoisotopic (exact) mass is 480 g/mol. The van der Waals surface area contributed by atoms with Crippen molar-refractivity contribution in [1.29, 1.82) is 0 Å². The molecule has 2 amide bonds. The zero-order valence-electron chi connectivity index (χ0n) is 20.0. The molecule has 0 radical (unpaired) electrons. The molecule has 1 unspecified atom stereocenters. The second-order valence-electron chi connectivity index (χ2n) is 8.12. The fourth-order valence-electron chi connectivity index (χ4n) is 3.61. The van der Waals surface area contributed by atoms with Gasteiger partial charge in [-0.25, -0.2) is 0 Å². The van der Waals surface area contributed by atoms with E-state index in [1.807, 2.05) is 104 Å². The maximum Gasteiger partial charge on any atom is 0.279 e. The van der Waals surface area contributed by atoms with E-state index in [1.165, 1.54) is 0 Å². The number of carbonyl (C=O) groups excluding carboxylic acids is 2. The number of benzene rings is 4. The standard InChI is InChI=1S/C30H28N2O4/c1-2-28(36-27-19-15-25(16-20-27)23-11-7-4-8-12-23)30(34)32-31-29(33)21-35-26-17-13-24(14-18-26)22-9-5-3-6-10-22/h3-20,28H,2,21H2,1H3,(H,31,33)(H,32,34). The molecule has 2 N–H and O–H groups in total. The molecule has 0 spiro atoms. The number of ether oxygens (including phenoxy) is 2. The molecule has 0 heterocycles. The lowest BCUT2D eigenvalue weighted by atomic mass is 10.1. The Hall–Kier alpha value is -4.58. The van der Waals surface area contributed by atoms with Gasteiger partial charge in [-0.15, -0.1) is 0 Å². The van der Waals surface area contributed by atoms with Gasteiger partial charge >= 0.3 is 0 Å². The summed E-state index contributed by atoms with van der Waals surface area (Å²) >= 11 is 0. The lowest BCUT2D eigenvalue weighted by Gasteiger charge is -2.18. The van der Waals surface area contributed by atoms with E-state index in [9.17, 15) is 9.59 Å². The summed E-state index contributed by atoms with van der Waals surface area (Å²) in [6.45, 7) is 1.61. The van der Waals surface area contributed by atoms with Gasteiger partial charge in [0.25, 0.3) is 11.8 Å². The molecule has 0 aliphatic carbocycles. The summed E-state index contributed by atoms with van der Waals surface area (Å²) in [4.78, 5) is 24.7. The van der Waals surface area contributed by atoms with Crippen molar-refractivity contribution in [2.75, 3.05) is 6.61 Å². The Morgan fingerprint density at radius 3 is 1.61 bits per heavy atom. The van der Waals surface area contributed by atoms with Crippen molar-refractivity contribution in [1.82, 2.24) is 10.9 Å². The van der Waals surface area contributed by atoms with Gasteiger partial charge in [-0.2, -0.15) is 0 Å². The van der Waals surface area contributed by atoms with Crippen LogP contribution in [0.5, 0.6) is 11.5 Å².